The number of fused-ring (bicyclic) bond motifs is 1. The zero-order valence-corrected chi connectivity index (χ0v) is 16.6. The fraction of sp³-hybridized carbons (Fsp3) is 0.364. The van der Waals surface area contributed by atoms with Gasteiger partial charge < -0.3 is 5.32 Å². The van der Waals surface area contributed by atoms with E-state index in [-0.39, 0.29) is 23.1 Å². The number of amides is 1. The molecule has 4 nitrogen and oxygen atoms in total. The van der Waals surface area contributed by atoms with Crippen LogP contribution in [0.3, 0.4) is 0 Å². The van der Waals surface area contributed by atoms with Crippen molar-refractivity contribution in [3.8, 4) is 11.3 Å². The van der Waals surface area contributed by atoms with E-state index in [1.807, 2.05) is 6.92 Å². The molecule has 0 radical (unpaired) electrons. The Balaban J connectivity index is 1.93. The van der Waals surface area contributed by atoms with Gasteiger partial charge in [0.25, 0.3) is 0 Å². The minimum absolute atomic E-state index is 0.138. The van der Waals surface area contributed by atoms with Gasteiger partial charge >= 0.3 is 0 Å². The Hall–Kier alpha value is -2.76. The standard InChI is InChI=1S/C22H25F2N3O/c1-14(12-22(2,3)4)11-19(28)26-21-20(15-5-7-16(23)8-6-15)27-13-17(24)9-10-18(27)25-21/h5-10,13-14H,11-12H2,1-4H3,(H,26,28). The Morgan fingerprint density at radius 3 is 2.39 bits per heavy atom. The molecule has 0 spiro atoms. The highest BCUT2D eigenvalue weighted by atomic mass is 19.1. The first-order valence-electron chi connectivity index (χ1n) is 9.36. The molecule has 0 fully saturated rings. The number of carbonyl (C=O) groups is 1. The number of carbonyl (C=O) groups excluding carboxylic acids is 1. The van der Waals surface area contributed by atoms with Crippen molar-refractivity contribution in [2.24, 2.45) is 11.3 Å². The Kier molecular flexibility index (Phi) is 5.49. The van der Waals surface area contributed by atoms with E-state index in [1.165, 1.54) is 24.4 Å². The molecule has 6 heteroatoms. The third-order valence-corrected chi connectivity index (χ3v) is 4.45. The molecule has 3 aromatic rings. The molecule has 0 bridgehead atoms. The van der Waals surface area contributed by atoms with Crippen LogP contribution in [0, 0.1) is 23.0 Å². The first-order chi connectivity index (χ1) is 13.1. The predicted octanol–water partition coefficient (Wildman–Crippen LogP) is 5.68. The topological polar surface area (TPSA) is 46.4 Å². The minimum Gasteiger partial charge on any atom is -0.309 e. The summed E-state index contributed by atoms with van der Waals surface area (Å²) in [7, 11) is 0. The van der Waals surface area contributed by atoms with Crippen LogP contribution in [0.5, 0.6) is 0 Å². The van der Waals surface area contributed by atoms with Crippen LogP contribution in [0.1, 0.15) is 40.5 Å². The van der Waals surface area contributed by atoms with E-state index in [1.54, 1.807) is 22.6 Å². The maximum absolute atomic E-state index is 13.8. The third kappa shape index (κ3) is 4.74. The molecule has 3 rings (SSSR count). The number of halogens is 2. The van der Waals surface area contributed by atoms with E-state index in [2.05, 4.69) is 31.1 Å². The molecular formula is C22H25F2N3O. The Labute approximate surface area is 163 Å². The highest BCUT2D eigenvalue weighted by Gasteiger charge is 2.21. The number of aromatic nitrogens is 2. The zero-order chi connectivity index (χ0) is 20.5. The van der Waals surface area contributed by atoms with E-state index in [0.29, 0.717) is 29.1 Å². The molecule has 0 saturated carbocycles. The molecule has 0 aliphatic carbocycles. The van der Waals surface area contributed by atoms with Crippen molar-refractivity contribution in [2.45, 2.75) is 40.5 Å². The molecule has 2 aromatic heterocycles. The van der Waals surface area contributed by atoms with Gasteiger partial charge in [0.15, 0.2) is 5.82 Å². The van der Waals surface area contributed by atoms with Gasteiger partial charge in [-0.3, -0.25) is 9.20 Å². The molecule has 1 unspecified atom stereocenters. The molecule has 0 aliphatic heterocycles. The highest BCUT2D eigenvalue weighted by molar-refractivity contribution is 5.94. The first-order valence-corrected chi connectivity index (χ1v) is 9.36. The van der Waals surface area contributed by atoms with Crippen molar-refractivity contribution >= 4 is 17.4 Å². The number of rotatable bonds is 5. The van der Waals surface area contributed by atoms with Crippen molar-refractivity contribution in [2.75, 3.05) is 5.32 Å². The summed E-state index contributed by atoms with van der Waals surface area (Å²) in [5, 5.41) is 2.86. The van der Waals surface area contributed by atoms with Crippen LogP contribution in [0.25, 0.3) is 16.9 Å². The lowest BCUT2D eigenvalue weighted by molar-refractivity contribution is -0.117. The number of anilines is 1. The fourth-order valence-corrected chi connectivity index (χ4v) is 3.61. The smallest absolute Gasteiger partial charge is 0.225 e. The van der Waals surface area contributed by atoms with Crippen molar-refractivity contribution in [1.29, 1.82) is 0 Å². The van der Waals surface area contributed by atoms with Crippen LogP contribution >= 0.6 is 0 Å². The van der Waals surface area contributed by atoms with Gasteiger partial charge in [0, 0.05) is 18.2 Å². The van der Waals surface area contributed by atoms with Crippen LogP contribution in [0.4, 0.5) is 14.6 Å². The van der Waals surface area contributed by atoms with E-state index in [9.17, 15) is 13.6 Å². The monoisotopic (exact) mass is 385 g/mol. The minimum atomic E-state index is -0.426. The number of pyridine rings is 1. The van der Waals surface area contributed by atoms with Gasteiger partial charge in [0.05, 0.1) is 5.69 Å². The molecule has 148 valence electrons. The number of benzene rings is 1. The lowest BCUT2D eigenvalue weighted by Crippen LogP contribution is -2.19. The summed E-state index contributed by atoms with van der Waals surface area (Å²) in [5.41, 5.74) is 1.79. The number of imidazole rings is 1. The number of nitrogens with one attached hydrogen (secondary N) is 1. The van der Waals surface area contributed by atoms with Gasteiger partial charge in [-0.2, -0.15) is 0 Å². The van der Waals surface area contributed by atoms with Gasteiger partial charge in [0.1, 0.15) is 17.3 Å². The molecule has 0 saturated heterocycles. The lowest BCUT2D eigenvalue weighted by Gasteiger charge is -2.22. The quantitative estimate of drug-likeness (QED) is 0.614. The lowest BCUT2D eigenvalue weighted by atomic mass is 9.84. The summed E-state index contributed by atoms with van der Waals surface area (Å²) in [6, 6.07) is 8.67. The second-order valence-corrected chi connectivity index (χ2v) is 8.51. The van der Waals surface area contributed by atoms with Crippen LogP contribution in [-0.2, 0) is 4.79 Å². The fourth-order valence-electron chi connectivity index (χ4n) is 3.61. The summed E-state index contributed by atoms with van der Waals surface area (Å²) in [6.45, 7) is 8.48. The van der Waals surface area contributed by atoms with Crippen molar-refractivity contribution in [3.05, 3.63) is 54.2 Å². The molecule has 1 amide bonds. The normalized spacial score (nSPS) is 12.9. The Morgan fingerprint density at radius 2 is 1.75 bits per heavy atom. The molecule has 1 atom stereocenters. The molecule has 28 heavy (non-hydrogen) atoms. The molecule has 1 N–H and O–H groups in total. The molecule has 0 aliphatic rings. The third-order valence-electron chi connectivity index (χ3n) is 4.45. The maximum atomic E-state index is 13.8. The van der Waals surface area contributed by atoms with Gasteiger partial charge in [-0.25, -0.2) is 13.8 Å². The van der Waals surface area contributed by atoms with Crippen molar-refractivity contribution < 1.29 is 13.6 Å². The van der Waals surface area contributed by atoms with Crippen LogP contribution in [0.15, 0.2) is 42.6 Å². The average Bonchev–Trinajstić information content (AvgIpc) is 2.90. The summed E-state index contributed by atoms with van der Waals surface area (Å²) in [6.07, 6.45) is 2.59. The SMILES string of the molecule is CC(CC(=O)Nc1nc2ccc(F)cn2c1-c1ccc(F)cc1)CC(C)(C)C. The van der Waals surface area contributed by atoms with Crippen LogP contribution in [-0.4, -0.2) is 15.3 Å². The van der Waals surface area contributed by atoms with Crippen LogP contribution in [0.2, 0.25) is 0 Å². The maximum Gasteiger partial charge on any atom is 0.225 e. The van der Waals surface area contributed by atoms with E-state index in [4.69, 9.17) is 0 Å². The van der Waals surface area contributed by atoms with Crippen LogP contribution < -0.4 is 5.32 Å². The Morgan fingerprint density at radius 1 is 1.11 bits per heavy atom. The number of hydrogen-bond acceptors (Lipinski definition) is 2. The molecule has 2 heterocycles. The van der Waals surface area contributed by atoms with E-state index < -0.39 is 5.82 Å². The van der Waals surface area contributed by atoms with Crippen molar-refractivity contribution in [1.82, 2.24) is 9.38 Å². The summed E-state index contributed by atoms with van der Waals surface area (Å²) >= 11 is 0. The highest BCUT2D eigenvalue weighted by Crippen LogP contribution is 2.31. The van der Waals surface area contributed by atoms with Crippen molar-refractivity contribution in [3.63, 3.8) is 0 Å². The summed E-state index contributed by atoms with van der Waals surface area (Å²) in [5.74, 6) is -0.395. The number of hydrogen-bond donors (Lipinski definition) is 1. The first kappa shape index (κ1) is 20.0. The van der Waals surface area contributed by atoms with Gasteiger partial charge in [0.2, 0.25) is 5.91 Å². The van der Waals surface area contributed by atoms with Gasteiger partial charge in [-0.05, 0) is 54.2 Å². The second kappa shape index (κ2) is 7.70. The average molecular weight is 385 g/mol. The van der Waals surface area contributed by atoms with E-state index >= 15 is 0 Å². The largest absolute Gasteiger partial charge is 0.309 e. The van der Waals surface area contributed by atoms with Gasteiger partial charge in [-0.1, -0.05) is 27.7 Å². The number of nitrogens with zero attached hydrogens (tertiary/aromatic N) is 2. The summed E-state index contributed by atoms with van der Waals surface area (Å²) in [4.78, 5) is 17.0. The Bertz CT molecular complexity index is 987. The molecule has 1 aromatic carbocycles. The second-order valence-electron chi connectivity index (χ2n) is 8.51. The molecular weight excluding hydrogens is 360 g/mol. The predicted molar refractivity (Wildman–Crippen MR) is 107 cm³/mol. The zero-order valence-electron chi connectivity index (χ0n) is 16.6. The van der Waals surface area contributed by atoms with E-state index in [0.717, 1.165) is 6.42 Å². The summed E-state index contributed by atoms with van der Waals surface area (Å²) < 4.78 is 28.7. The van der Waals surface area contributed by atoms with Gasteiger partial charge in [-0.15, -0.1) is 0 Å².